The molecule has 0 bridgehead atoms. The summed E-state index contributed by atoms with van der Waals surface area (Å²) in [5.41, 5.74) is 1.15. The molecule has 126 valence electrons. The number of rotatable bonds is 4. The fourth-order valence-electron chi connectivity index (χ4n) is 3.88. The van der Waals surface area contributed by atoms with Crippen molar-refractivity contribution in [2.45, 2.75) is 38.5 Å². The maximum atomic E-state index is 13.0. The van der Waals surface area contributed by atoms with Gasteiger partial charge in [-0.3, -0.25) is 4.79 Å². The van der Waals surface area contributed by atoms with Crippen molar-refractivity contribution in [3.8, 4) is 0 Å². The maximum absolute atomic E-state index is 13.0. The Kier molecular flexibility index (Phi) is 5.31. The van der Waals surface area contributed by atoms with Gasteiger partial charge in [0.2, 0.25) is 5.91 Å². The Hall–Kier alpha value is -1.42. The smallest absolute Gasteiger partial charge is 0.222 e. The predicted octanol–water partition coefficient (Wildman–Crippen LogP) is 3.26. The van der Waals surface area contributed by atoms with Gasteiger partial charge in [-0.25, -0.2) is 4.39 Å². The van der Waals surface area contributed by atoms with Crippen molar-refractivity contribution >= 4 is 5.91 Å². The number of piperidine rings is 1. The summed E-state index contributed by atoms with van der Waals surface area (Å²) in [6.07, 6.45) is 3.99. The molecule has 4 heteroatoms. The molecular formula is C19H27FN2O. The van der Waals surface area contributed by atoms with Gasteiger partial charge >= 0.3 is 0 Å². The number of carbonyl (C=O) groups excluding carboxylic acids is 1. The average molecular weight is 318 g/mol. The van der Waals surface area contributed by atoms with Crippen molar-refractivity contribution in [2.75, 3.05) is 32.7 Å². The molecule has 0 unspecified atom stereocenters. The minimum absolute atomic E-state index is 0.196. The molecule has 0 radical (unpaired) electrons. The Morgan fingerprint density at radius 3 is 2.48 bits per heavy atom. The highest BCUT2D eigenvalue weighted by atomic mass is 19.1. The van der Waals surface area contributed by atoms with Crippen LogP contribution < -0.4 is 0 Å². The number of halogens is 1. The van der Waals surface area contributed by atoms with E-state index in [-0.39, 0.29) is 5.82 Å². The van der Waals surface area contributed by atoms with E-state index in [1.807, 2.05) is 17.0 Å². The Bertz CT molecular complexity index is 523. The third-order valence-electron chi connectivity index (χ3n) is 5.50. The van der Waals surface area contributed by atoms with E-state index in [4.69, 9.17) is 0 Å². The standard InChI is InChI=1S/C19H27FN2O/c1-2-21-10-7-15(8-11-21)13-19(23)22-12-9-17(14-22)16-3-5-18(20)6-4-16/h3-6,15,17H,2,7-14H2,1H3/t17-/m1/s1. The van der Waals surface area contributed by atoms with E-state index in [0.29, 0.717) is 24.2 Å². The normalized spacial score (nSPS) is 23.4. The molecule has 0 spiro atoms. The monoisotopic (exact) mass is 318 g/mol. The van der Waals surface area contributed by atoms with Crippen molar-refractivity contribution in [3.63, 3.8) is 0 Å². The number of benzene rings is 1. The Morgan fingerprint density at radius 2 is 1.83 bits per heavy atom. The van der Waals surface area contributed by atoms with Gasteiger partial charge in [0, 0.05) is 25.4 Å². The number of nitrogens with zero attached hydrogens (tertiary/aromatic N) is 2. The topological polar surface area (TPSA) is 23.6 Å². The lowest BCUT2D eigenvalue weighted by Gasteiger charge is -2.31. The molecular weight excluding hydrogens is 291 g/mol. The molecule has 2 aliphatic heterocycles. The minimum atomic E-state index is -0.196. The van der Waals surface area contributed by atoms with Gasteiger partial charge in [-0.15, -0.1) is 0 Å². The first-order valence-corrected chi connectivity index (χ1v) is 8.91. The Labute approximate surface area is 138 Å². The molecule has 1 amide bonds. The van der Waals surface area contributed by atoms with Crippen LogP contribution in [0.25, 0.3) is 0 Å². The maximum Gasteiger partial charge on any atom is 0.222 e. The number of likely N-dealkylation sites (tertiary alicyclic amines) is 2. The summed E-state index contributed by atoms with van der Waals surface area (Å²) >= 11 is 0. The molecule has 2 heterocycles. The van der Waals surface area contributed by atoms with Crippen molar-refractivity contribution in [1.82, 2.24) is 9.80 Å². The second-order valence-electron chi connectivity index (χ2n) is 6.96. The van der Waals surface area contributed by atoms with Crippen LogP contribution in [0, 0.1) is 11.7 Å². The van der Waals surface area contributed by atoms with Crippen LogP contribution in [0.2, 0.25) is 0 Å². The molecule has 0 N–H and O–H groups in total. The van der Waals surface area contributed by atoms with Crippen LogP contribution in [0.15, 0.2) is 24.3 Å². The largest absolute Gasteiger partial charge is 0.342 e. The summed E-state index contributed by atoms with van der Waals surface area (Å²) in [7, 11) is 0. The quantitative estimate of drug-likeness (QED) is 0.851. The van der Waals surface area contributed by atoms with Crippen LogP contribution in [0.4, 0.5) is 4.39 Å². The van der Waals surface area contributed by atoms with Gasteiger partial charge in [0.05, 0.1) is 0 Å². The van der Waals surface area contributed by atoms with Crippen molar-refractivity contribution in [1.29, 1.82) is 0 Å². The lowest BCUT2D eigenvalue weighted by Crippen LogP contribution is -2.36. The molecule has 0 aromatic heterocycles. The van der Waals surface area contributed by atoms with Crippen molar-refractivity contribution < 1.29 is 9.18 Å². The number of hydrogen-bond donors (Lipinski definition) is 0. The first kappa shape index (κ1) is 16.4. The van der Waals surface area contributed by atoms with Crippen molar-refractivity contribution in [3.05, 3.63) is 35.6 Å². The van der Waals surface area contributed by atoms with Crippen LogP contribution in [0.5, 0.6) is 0 Å². The lowest BCUT2D eigenvalue weighted by molar-refractivity contribution is -0.131. The molecule has 2 aliphatic rings. The summed E-state index contributed by atoms with van der Waals surface area (Å²) in [6.45, 7) is 7.21. The zero-order valence-corrected chi connectivity index (χ0v) is 14.0. The van der Waals surface area contributed by atoms with Gasteiger partial charge in [0.1, 0.15) is 5.82 Å². The zero-order valence-electron chi connectivity index (χ0n) is 14.0. The summed E-state index contributed by atoms with van der Waals surface area (Å²) < 4.78 is 13.0. The first-order chi connectivity index (χ1) is 11.2. The summed E-state index contributed by atoms with van der Waals surface area (Å²) in [5, 5.41) is 0. The molecule has 3 nitrogen and oxygen atoms in total. The van der Waals surface area contributed by atoms with Crippen LogP contribution in [-0.2, 0) is 4.79 Å². The molecule has 0 saturated carbocycles. The highest BCUT2D eigenvalue weighted by molar-refractivity contribution is 5.76. The third-order valence-corrected chi connectivity index (χ3v) is 5.50. The van der Waals surface area contributed by atoms with E-state index in [0.717, 1.165) is 57.5 Å². The first-order valence-electron chi connectivity index (χ1n) is 8.91. The predicted molar refractivity (Wildman–Crippen MR) is 89.8 cm³/mol. The summed E-state index contributed by atoms with van der Waals surface area (Å²) in [5.74, 6) is 1.03. The van der Waals surface area contributed by atoms with E-state index in [2.05, 4.69) is 11.8 Å². The van der Waals surface area contributed by atoms with Crippen LogP contribution in [0.1, 0.15) is 44.1 Å². The Balaban J connectivity index is 1.49. The van der Waals surface area contributed by atoms with Gasteiger partial charge in [-0.05, 0) is 62.5 Å². The third kappa shape index (κ3) is 4.11. The number of amides is 1. The van der Waals surface area contributed by atoms with Gasteiger partial charge in [0.25, 0.3) is 0 Å². The van der Waals surface area contributed by atoms with Gasteiger partial charge in [0.15, 0.2) is 0 Å². The number of hydrogen-bond acceptors (Lipinski definition) is 2. The SMILES string of the molecule is CCN1CCC(CC(=O)N2CC[C@@H](c3ccc(F)cc3)C2)CC1. The van der Waals surface area contributed by atoms with E-state index < -0.39 is 0 Å². The molecule has 23 heavy (non-hydrogen) atoms. The summed E-state index contributed by atoms with van der Waals surface area (Å²) in [4.78, 5) is 17.0. The number of carbonyl (C=O) groups is 1. The molecule has 1 atom stereocenters. The Morgan fingerprint density at radius 1 is 1.13 bits per heavy atom. The lowest BCUT2D eigenvalue weighted by atomic mass is 9.93. The molecule has 0 aliphatic carbocycles. The second-order valence-corrected chi connectivity index (χ2v) is 6.96. The fourth-order valence-corrected chi connectivity index (χ4v) is 3.88. The minimum Gasteiger partial charge on any atom is -0.342 e. The molecule has 2 saturated heterocycles. The molecule has 2 fully saturated rings. The molecule has 1 aromatic carbocycles. The summed E-state index contributed by atoms with van der Waals surface area (Å²) in [6, 6.07) is 6.74. The zero-order chi connectivity index (χ0) is 16.2. The van der Waals surface area contributed by atoms with Gasteiger partial charge in [-0.2, -0.15) is 0 Å². The van der Waals surface area contributed by atoms with Crippen LogP contribution in [-0.4, -0.2) is 48.4 Å². The van der Waals surface area contributed by atoms with Gasteiger partial charge in [-0.1, -0.05) is 19.1 Å². The van der Waals surface area contributed by atoms with Crippen LogP contribution >= 0.6 is 0 Å². The highest BCUT2D eigenvalue weighted by Gasteiger charge is 2.29. The van der Waals surface area contributed by atoms with E-state index in [9.17, 15) is 9.18 Å². The average Bonchev–Trinajstić information content (AvgIpc) is 3.06. The van der Waals surface area contributed by atoms with E-state index >= 15 is 0 Å². The van der Waals surface area contributed by atoms with Crippen molar-refractivity contribution in [2.24, 2.45) is 5.92 Å². The van der Waals surface area contributed by atoms with Gasteiger partial charge < -0.3 is 9.80 Å². The van der Waals surface area contributed by atoms with E-state index in [1.54, 1.807) is 0 Å². The highest BCUT2D eigenvalue weighted by Crippen LogP contribution is 2.29. The molecule has 3 rings (SSSR count). The second kappa shape index (κ2) is 7.43. The van der Waals surface area contributed by atoms with Crippen LogP contribution in [0.3, 0.4) is 0 Å². The molecule has 1 aromatic rings. The van der Waals surface area contributed by atoms with E-state index in [1.165, 1.54) is 12.1 Å². The fraction of sp³-hybridized carbons (Fsp3) is 0.632.